The fourth-order valence-electron chi connectivity index (χ4n) is 1.81. The number of benzene rings is 1. The second-order valence-electron chi connectivity index (χ2n) is 4.63. The van der Waals surface area contributed by atoms with Gasteiger partial charge in [-0.15, -0.1) is 0 Å². The highest BCUT2D eigenvalue weighted by Gasteiger charge is 2.03. The first-order valence-electron chi connectivity index (χ1n) is 6.21. The van der Waals surface area contributed by atoms with E-state index < -0.39 is 0 Å². The number of rotatable bonds is 4. The van der Waals surface area contributed by atoms with E-state index in [0.717, 1.165) is 11.3 Å². The molecule has 2 aromatic rings. The first-order valence-corrected chi connectivity index (χ1v) is 6.21. The molecule has 0 saturated carbocycles. The van der Waals surface area contributed by atoms with Gasteiger partial charge in [0.1, 0.15) is 0 Å². The zero-order valence-electron chi connectivity index (χ0n) is 10.9. The molecule has 94 valence electrons. The number of para-hydroxylation sites is 1. The molecule has 3 heteroatoms. The number of nitrogens with zero attached hydrogens (tertiary/aromatic N) is 2. The molecule has 0 unspecified atom stereocenters. The van der Waals surface area contributed by atoms with E-state index in [1.807, 2.05) is 47.4 Å². The average molecular weight is 241 g/mol. The quantitative estimate of drug-likeness (QED) is 0.894. The van der Waals surface area contributed by atoms with E-state index in [4.69, 9.17) is 5.73 Å². The van der Waals surface area contributed by atoms with Crippen LogP contribution in [0, 0.1) is 5.92 Å². The molecule has 18 heavy (non-hydrogen) atoms. The van der Waals surface area contributed by atoms with Gasteiger partial charge in [-0.25, -0.2) is 4.68 Å². The van der Waals surface area contributed by atoms with Crippen molar-refractivity contribution in [3.05, 3.63) is 53.9 Å². The van der Waals surface area contributed by atoms with Crippen LogP contribution in [0.4, 0.5) is 0 Å². The summed E-state index contributed by atoms with van der Waals surface area (Å²) in [7, 11) is 0. The van der Waals surface area contributed by atoms with Gasteiger partial charge in [-0.1, -0.05) is 43.7 Å². The molecule has 2 rings (SSSR count). The summed E-state index contributed by atoms with van der Waals surface area (Å²) in [5.41, 5.74) is 9.14. The molecule has 0 amide bonds. The highest BCUT2D eigenvalue weighted by molar-refractivity contribution is 5.52. The number of nitrogens with two attached hydrogens (primary N) is 1. The molecule has 1 aromatic carbocycles. The number of hydrogen-bond acceptors (Lipinski definition) is 2. The molecule has 1 aromatic heterocycles. The topological polar surface area (TPSA) is 43.8 Å². The lowest BCUT2D eigenvalue weighted by molar-refractivity contribution is 0.752. The zero-order valence-corrected chi connectivity index (χ0v) is 10.9. The van der Waals surface area contributed by atoms with Gasteiger partial charge in [-0.3, -0.25) is 0 Å². The van der Waals surface area contributed by atoms with E-state index in [2.05, 4.69) is 25.0 Å². The standard InChI is InChI=1S/C15H19N3/c1-12(2)14(9-16)8-13-10-17-18(11-13)15-6-4-3-5-7-15/h3-8,10-12H,9,16H2,1-2H3. The molecule has 2 N–H and O–H groups in total. The molecular weight excluding hydrogens is 222 g/mol. The van der Waals surface area contributed by atoms with E-state index in [9.17, 15) is 0 Å². The third-order valence-electron chi connectivity index (χ3n) is 2.95. The Morgan fingerprint density at radius 3 is 2.67 bits per heavy atom. The van der Waals surface area contributed by atoms with Gasteiger partial charge in [-0.2, -0.15) is 5.10 Å². The highest BCUT2D eigenvalue weighted by Crippen LogP contribution is 2.14. The zero-order chi connectivity index (χ0) is 13.0. The van der Waals surface area contributed by atoms with Crippen LogP contribution in [0.15, 0.2) is 48.3 Å². The Bertz CT molecular complexity index is 524. The van der Waals surface area contributed by atoms with Crippen molar-refractivity contribution < 1.29 is 0 Å². The van der Waals surface area contributed by atoms with Gasteiger partial charge in [0.2, 0.25) is 0 Å². The second kappa shape index (κ2) is 5.65. The largest absolute Gasteiger partial charge is 0.327 e. The molecule has 0 aliphatic carbocycles. The van der Waals surface area contributed by atoms with Gasteiger partial charge in [0.05, 0.1) is 11.9 Å². The maximum absolute atomic E-state index is 5.74. The molecule has 0 aliphatic heterocycles. The van der Waals surface area contributed by atoms with E-state index in [1.165, 1.54) is 5.57 Å². The van der Waals surface area contributed by atoms with Gasteiger partial charge in [0.15, 0.2) is 0 Å². The van der Waals surface area contributed by atoms with E-state index in [-0.39, 0.29) is 0 Å². The Morgan fingerprint density at radius 1 is 1.33 bits per heavy atom. The summed E-state index contributed by atoms with van der Waals surface area (Å²) in [6.45, 7) is 4.90. The minimum Gasteiger partial charge on any atom is -0.327 e. The monoisotopic (exact) mass is 241 g/mol. The van der Waals surface area contributed by atoms with Crippen LogP contribution in [0.5, 0.6) is 0 Å². The molecule has 1 heterocycles. The molecule has 0 saturated heterocycles. The Balaban J connectivity index is 2.26. The SMILES string of the molecule is CC(C)C(=Cc1cnn(-c2ccccc2)c1)CN. The molecule has 0 radical (unpaired) electrons. The van der Waals surface area contributed by atoms with Crippen molar-refractivity contribution >= 4 is 6.08 Å². The van der Waals surface area contributed by atoms with Crippen LogP contribution in [-0.2, 0) is 0 Å². The van der Waals surface area contributed by atoms with E-state index >= 15 is 0 Å². The van der Waals surface area contributed by atoms with Crippen LogP contribution in [-0.4, -0.2) is 16.3 Å². The Labute approximate surface area is 108 Å². The van der Waals surface area contributed by atoms with Gasteiger partial charge in [-0.05, 0) is 18.1 Å². The molecule has 3 nitrogen and oxygen atoms in total. The molecule has 0 atom stereocenters. The van der Waals surface area contributed by atoms with Gasteiger partial charge < -0.3 is 5.73 Å². The average Bonchev–Trinajstić information content (AvgIpc) is 2.85. The van der Waals surface area contributed by atoms with E-state index in [0.29, 0.717) is 12.5 Å². The minimum atomic E-state index is 0.468. The van der Waals surface area contributed by atoms with Crippen LogP contribution in [0.2, 0.25) is 0 Å². The second-order valence-corrected chi connectivity index (χ2v) is 4.63. The van der Waals surface area contributed by atoms with Crippen LogP contribution in [0.1, 0.15) is 19.4 Å². The summed E-state index contributed by atoms with van der Waals surface area (Å²) in [6, 6.07) is 10.1. The van der Waals surface area contributed by atoms with Crippen molar-refractivity contribution in [1.82, 2.24) is 9.78 Å². The summed E-state index contributed by atoms with van der Waals surface area (Å²) in [6.07, 6.45) is 6.01. The highest BCUT2D eigenvalue weighted by atomic mass is 15.3. The first-order chi connectivity index (χ1) is 8.70. The fourth-order valence-corrected chi connectivity index (χ4v) is 1.81. The van der Waals surface area contributed by atoms with Crippen LogP contribution in [0.3, 0.4) is 0 Å². The third-order valence-corrected chi connectivity index (χ3v) is 2.95. The molecule has 0 aliphatic rings. The third kappa shape index (κ3) is 2.87. The maximum Gasteiger partial charge on any atom is 0.0645 e. The van der Waals surface area contributed by atoms with Gasteiger partial charge >= 0.3 is 0 Å². The number of aromatic nitrogens is 2. The van der Waals surface area contributed by atoms with Crippen molar-refractivity contribution in [3.8, 4) is 5.69 Å². The Hall–Kier alpha value is -1.87. The molecule has 0 fully saturated rings. The molecule has 0 bridgehead atoms. The van der Waals surface area contributed by atoms with Crippen molar-refractivity contribution in [2.75, 3.05) is 6.54 Å². The molecule has 0 spiro atoms. The minimum absolute atomic E-state index is 0.468. The first kappa shape index (κ1) is 12.6. The summed E-state index contributed by atoms with van der Waals surface area (Å²) in [5, 5.41) is 4.36. The summed E-state index contributed by atoms with van der Waals surface area (Å²) in [4.78, 5) is 0. The van der Waals surface area contributed by atoms with Crippen molar-refractivity contribution in [2.45, 2.75) is 13.8 Å². The van der Waals surface area contributed by atoms with Crippen molar-refractivity contribution in [2.24, 2.45) is 11.7 Å². The Morgan fingerprint density at radius 2 is 2.06 bits per heavy atom. The lowest BCUT2D eigenvalue weighted by atomic mass is 10.0. The summed E-state index contributed by atoms with van der Waals surface area (Å²) >= 11 is 0. The number of hydrogen-bond donors (Lipinski definition) is 1. The van der Waals surface area contributed by atoms with Gasteiger partial charge in [0.25, 0.3) is 0 Å². The smallest absolute Gasteiger partial charge is 0.0645 e. The lowest BCUT2D eigenvalue weighted by Gasteiger charge is -2.07. The van der Waals surface area contributed by atoms with Crippen LogP contribution >= 0.6 is 0 Å². The molecular formula is C15H19N3. The van der Waals surface area contributed by atoms with Crippen LogP contribution < -0.4 is 5.73 Å². The van der Waals surface area contributed by atoms with E-state index in [1.54, 1.807) is 0 Å². The normalized spacial score (nSPS) is 12.1. The fraction of sp³-hybridized carbons (Fsp3) is 0.267. The van der Waals surface area contributed by atoms with Crippen molar-refractivity contribution in [3.63, 3.8) is 0 Å². The predicted molar refractivity (Wildman–Crippen MR) is 75.4 cm³/mol. The predicted octanol–water partition coefficient (Wildman–Crippen LogP) is 2.87. The maximum atomic E-state index is 5.74. The summed E-state index contributed by atoms with van der Waals surface area (Å²) < 4.78 is 1.88. The summed E-state index contributed by atoms with van der Waals surface area (Å²) in [5.74, 6) is 0.468. The Kier molecular flexibility index (Phi) is 3.95. The van der Waals surface area contributed by atoms with Gasteiger partial charge in [0, 0.05) is 18.3 Å². The van der Waals surface area contributed by atoms with Crippen LogP contribution in [0.25, 0.3) is 11.8 Å². The lowest BCUT2D eigenvalue weighted by Crippen LogP contribution is -2.07. The van der Waals surface area contributed by atoms with Crippen molar-refractivity contribution in [1.29, 1.82) is 0 Å².